The number of hydrogen-bond acceptors (Lipinski definition) is 7. The van der Waals surface area contributed by atoms with Crippen molar-refractivity contribution in [2.45, 2.75) is 32.0 Å². The largest absolute Gasteiger partial charge is 0.433 e. The van der Waals surface area contributed by atoms with Crippen molar-refractivity contribution in [1.82, 2.24) is 15.1 Å². The van der Waals surface area contributed by atoms with Crippen molar-refractivity contribution in [1.29, 1.82) is 5.26 Å². The van der Waals surface area contributed by atoms with Gasteiger partial charge in [-0.2, -0.15) is 18.4 Å². The summed E-state index contributed by atoms with van der Waals surface area (Å²) in [5.74, 6) is -3.14. The molecule has 11 heteroatoms. The number of hydrogen-bond donors (Lipinski definition) is 2. The van der Waals surface area contributed by atoms with Crippen LogP contribution in [0.5, 0.6) is 0 Å². The third kappa shape index (κ3) is 5.28. The van der Waals surface area contributed by atoms with Gasteiger partial charge in [0.15, 0.2) is 11.6 Å². The summed E-state index contributed by atoms with van der Waals surface area (Å²) in [5, 5.41) is 25.1. The number of aliphatic hydroxyl groups is 1. The van der Waals surface area contributed by atoms with Crippen molar-refractivity contribution >= 4 is 11.9 Å². The predicted octanol–water partition coefficient (Wildman–Crippen LogP) is 3.39. The number of amides is 1. The van der Waals surface area contributed by atoms with Crippen molar-refractivity contribution < 1.29 is 27.6 Å². The van der Waals surface area contributed by atoms with Gasteiger partial charge in [-0.25, -0.2) is 9.97 Å². The van der Waals surface area contributed by atoms with Gasteiger partial charge in [0.05, 0.1) is 12.3 Å². The fourth-order valence-corrected chi connectivity index (χ4v) is 3.05. The SMILES string of the molecule is Cc1oncc1C(O)C(C#N)C(=O)Nc1ncc(CCc2ccccc2)c(C(F)(F)F)n1. The fourth-order valence-electron chi connectivity index (χ4n) is 3.05. The zero-order valence-corrected chi connectivity index (χ0v) is 16.8. The highest BCUT2D eigenvalue weighted by molar-refractivity contribution is 5.93. The highest BCUT2D eigenvalue weighted by atomic mass is 19.4. The van der Waals surface area contributed by atoms with Crippen molar-refractivity contribution in [2.75, 3.05) is 5.32 Å². The molecule has 0 saturated heterocycles. The van der Waals surface area contributed by atoms with E-state index in [2.05, 4.69) is 20.4 Å². The summed E-state index contributed by atoms with van der Waals surface area (Å²) in [6, 6.07) is 10.6. The number of nitriles is 1. The number of aliphatic hydroxyl groups excluding tert-OH is 1. The maximum Gasteiger partial charge on any atom is 0.433 e. The van der Waals surface area contributed by atoms with Crippen LogP contribution in [0.3, 0.4) is 0 Å². The summed E-state index contributed by atoms with van der Waals surface area (Å²) in [7, 11) is 0. The van der Waals surface area contributed by atoms with Crippen LogP contribution in [0, 0.1) is 24.2 Å². The molecule has 2 aromatic heterocycles. The van der Waals surface area contributed by atoms with Gasteiger partial charge in [0.2, 0.25) is 11.9 Å². The molecule has 32 heavy (non-hydrogen) atoms. The van der Waals surface area contributed by atoms with E-state index in [0.29, 0.717) is 6.42 Å². The van der Waals surface area contributed by atoms with Gasteiger partial charge in [-0.3, -0.25) is 10.1 Å². The number of alkyl halides is 3. The monoisotopic (exact) mass is 445 g/mol. The summed E-state index contributed by atoms with van der Waals surface area (Å²) in [4.78, 5) is 19.7. The Morgan fingerprint density at radius 2 is 1.97 bits per heavy atom. The molecule has 0 radical (unpaired) electrons. The molecule has 0 aliphatic heterocycles. The molecule has 2 unspecified atom stereocenters. The average Bonchev–Trinajstić information content (AvgIpc) is 3.19. The van der Waals surface area contributed by atoms with E-state index in [1.807, 2.05) is 0 Å². The van der Waals surface area contributed by atoms with Crippen LogP contribution in [0.15, 0.2) is 47.2 Å². The van der Waals surface area contributed by atoms with Crippen LogP contribution < -0.4 is 5.32 Å². The number of aryl methyl sites for hydroxylation is 3. The summed E-state index contributed by atoms with van der Waals surface area (Å²) in [6.07, 6.45) is -3.84. The van der Waals surface area contributed by atoms with Crippen molar-refractivity contribution in [3.8, 4) is 6.07 Å². The minimum Gasteiger partial charge on any atom is -0.386 e. The summed E-state index contributed by atoms with van der Waals surface area (Å²) >= 11 is 0. The molecule has 166 valence electrons. The first-order valence-corrected chi connectivity index (χ1v) is 9.47. The van der Waals surface area contributed by atoms with E-state index in [4.69, 9.17) is 4.52 Å². The Labute approximate surface area is 180 Å². The summed E-state index contributed by atoms with van der Waals surface area (Å²) < 4.78 is 45.5. The number of carbonyl (C=O) groups is 1. The molecule has 0 aliphatic carbocycles. The van der Waals surface area contributed by atoms with Gasteiger partial charge in [-0.05, 0) is 25.3 Å². The zero-order chi connectivity index (χ0) is 23.3. The average molecular weight is 445 g/mol. The van der Waals surface area contributed by atoms with Crippen LogP contribution in [-0.4, -0.2) is 26.1 Å². The molecular weight excluding hydrogens is 427 g/mol. The topological polar surface area (TPSA) is 125 Å². The molecule has 0 fully saturated rings. The molecule has 0 aliphatic rings. The first kappa shape index (κ1) is 22.9. The third-order valence-electron chi connectivity index (χ3n) is 4.74. The molecule has 3 rings (SSSR count). The van der Waals surface area contributed by atoms with Crippen LogP contribution >= 0.6 is 0 Å². The molecule has 0 bridgehead atoms. The van der Waals surface area contributed by atoms with Crippen LogP contribution in [-0.2, 0) is 23.8 Å². The molecule has 3 aromatic rings. The number of aromatic nitrogens is 3. The third-order valence-corrected chi connectivity index (χ3v) is 4.74. The molecular formula is C21H18F3N5O3. The number of nitrogens with zero attached hydrogens (tertiary/aromatic N) is 4. The first-order chi connectivity index (χ1) is 15.2. The summed E-state index contributed by atoms with van der Waals surface area (Å²) in [5.41, 5.74) is -0.341. The van der Waals surface area contributed by atoms with E-state index in [1.165, 1.54) is 6.92 Å². The van der Waals surface area contributed by atoms with Crippen LogP contribution in [0.1, 0.15) is 34.2 Å². The van der Waals surface area contributed by atoms with Crippen molar-refractivity contribution in [3.63, 3.8) is 0 Å². The number of anilines is 1. The van der Waals surface area contributed by atoms with E-state index < -0.39 is 35.7 Å². The van der Waals surface area contributed by atoms with E-state index in [-0.39, 0.29) is 23.3 Å². The fraction of sp³-hybridized carbons (Fsp3) is 0.286. The van der Waals surface area contributed by atoms with E-state index in [9.17, 15) is 28.3 Å². The second kappa shape index (κ2) is 9.57. The smallest absolute Gasteiger partial charge is 0.386 e. The molecule has 2 heterocycles. The Morgan fingerprint density at radius 1 is 1.25 bits per heavy atom. The van der Waals surface area contributed by atoms with Crippen LogP contribution in [0.25, 0.3) is 0 Å². The van der Waals surface area contributed by atoms with Crippen LogP contribution in [0.2, 0.25) is 0 Å². The number of rotatable bonds is 7. The quantitative estimate of drug-likeness (QED) is 0.571. The van der Waals surface area contributed by atoms with Crippen molar-refractivity contribution in [3.05, 3.63) is 70.9 Å². The standard InChI is InChI=1S/C21H18F3N5O3/c1-12-16(11-27-32-12)17(30)15(9-25)19(31)29-20-26-10-14(18(28-20)21(22,23)24)8-7-13-5-3-2-4-6-13/h2-6,10-11,15,17,30H,7-8H2,1H3,(H,26,28,29,31). The first-order valence-electron chi connectivity index (χ1n) is 9.47. The van der Waals surface area contributed by atoms with Gasteiger partial charge in [0.1, 0.15) is 11.9 Å². The lowest BCUT2D eigenvalue weighted by Crippen LogP contribution is -2.28. The number of carbonyl (C=O) groups excluding carboxylic acids is 1. The van der Waals surface area contributed by atoms with E-state index >= 15 is 0 Å². The Hall–Kier alpha value is -3.78. The highest BCUT2D eigenvalue weighted by Crippen LogP contribution is 2.32. The summed E-state index contributed by atoms with van der Waals surface area (Å²) in [6.45, 7) is 1.48. The Bertz CT molecular complexity index is 1130. The second-order valence-corrected chi connectivity index (χ2v) is 6.93. The Kier molecular flexibility index (Phi) is 6.85. The normalized spacial score (nSPS) is 13.2. The van der Waals surface area contributed by atoms with Gasteiger partial charge >= 0.3 is 6.18 Å². The van der Waals surface area contributed by atoms with Crippen molar-refractivity contribution in [2.24, 2.45) is 5.92 Å². The maximum absolute atomic E-state index is 13.6. The van der Waals surface area contributed by atoms with Crippen LogP contribution in [0.4, 0.5) is 19.1 Å². The number of nitrogens with one attached hydrogen (secondary N) is 1. The molecule has 8 nitrogen and oxygen atoms in total. The number of benzene rings is 1. The molecule has 1 amide bonds. The lowest BCUT2D eigenvalue weighted by atomic mass is 9.97. The molecule has 2 N–H and O–H groups in total. The predicted molar refractivity (Wildman–Crippen MR) is 105 cm³/mol. The van der Waals surface area contributed by atoms with Gasteiger partial charge in [0.25, 0.3) is 0 Å². The Balaban J connectivity index is 1.79. The maximum atomic E-state index is 13.6. The second-order valence-electron chi connectivity index (χ2n) is 6.93. The molecule has 0 spiro atoms. The minimum absolute atomic E-state index is 0.0411. The minimum atomic E-state index is -4.78. The highest BCUT2D eigenvalue weighted by Gasteiger charge is 2.37. The number of halogens is 3. The lowest BCUT2D eigenvalue weighted by Gasteiger charge is -2.16. The lowest BCUT2D eigenvalue weighted by molar-refractivity contribution is -0.142. The molecule has 2 atom stereocenters. The molecule has 0 saturated carbocycles. The molecule has 1 aromatic carbocycles. The zero-order valence-electron chi connectivity index (χ0n) is 16.8. The van der Waals surface area contributed by atoms with Gasteiger partial charge in [0, 0.05) is 17.3 Å². The Morgan fingerprint density at radius 3 is 2.56 bits per heavy atom. The van der Waals surface area contributed by atoms with E-state index in [1.54, 1.807) is 36.4 Å². The van der Waals surface area contributed by atoms with E-state index in [0.717, 1.165) is 18.0 Å². The van der Waals surface area contributed by atoms with Gasteiger partial charge in [-0.15, -0.1) is 0 Å². The van der Waals surface area contributed by atoms with Gasteiger partial charge < -0.3 is 9.63 Å². The van der Waals surface area contributed by atoms with Gasteiger partial charge in [-0.1, -0.05) is 35.5 Å².